The Morgan fingerprint density at radius 1 is 1.31 bits per heavy atom. The average molecular weight is 336 g/mol. The van der Waals surface area contributed by atoms with Crippen molar-refractivity contribution in [3.63, 3.8) is 0 Å². The molecule has 3 rings (SSSR count). The Morgan fingerprint density at radius 2 is 1.88 bits per heavy atom. The van der Waals surface area contributed by atoms with Crippen molar-refractivity contribution in [3.05, 3.63) is 15.9 Å². The highest BCUT2D eigenvalue weighted by Gasteiger charge is 2.49. The van der Waals surface area contributed by atoms with Crippen LogP contribution in [0.3, 0.4) is 0 Å². The highest BCUT2D eigenvalue weighted by Crippen LogP contribution is 2.40. The van der Waals surface area contributed by atoms with Gasteiger partial charge in [0.05, 0.1) is 19.8 Å². The molecule has 0 radical (unpaired) electrons. The van der Waals surface area contributed by atoms with Crippen molar-refractivity contribution in [2.24, 2.45) is 5.41 Å². The van der Waals surface area contributed by atoms with Gasteiger partial charge in [0.25, 0.3) is 5.97 Å². The van der Waals surface area contributed by atoms with Crippen LogP contribution in [0.5, 0.6) is 0 Å². The van der Waals surface area contributed by atoms with E-state index >= 15 is 0 Å². The summed E-state index contributed by atoms with van der Waals surface area (Å²) in [4.78, 5) is 0. The molecule has 0 aromatic carbocycles. The van der Waals surface area contributed by atoms with Crippen LogP contribution >= 0.6 is 22.6 Å². The van der Waals surface area contributed by atoms with Gasteiger partial charge in [-0.3, -0.25) is 0 Å². The molecule has 0 atom stereocenters. The van der Waals surface area contributed by atoms with Gasteiger partial charge in [0.2, 0.25) is 0 Å². The van der Waals surface area contributed by atoms with E-state index in [4.69, 9.17) is 14.2 Å². The molecular weight excluding hydrogens is 319 g/mol. The van der Waals surface area contributed by atoms with Crippen molar-refractivity contribution >= 4 is 22.6 Å². The third kappa shape index (κ3) is 2.68. The summed E-state index contributed by atoms with van der Waals surface area (Å²) in [7, 11) is 0. The second kappa shape index (κ2) is 4.78. The van der Waals surface area contributed by atoms with Crippen LogP contribution in [-0.2, 0) is 14.2 Å². The summed E-state index contributed by atoms with van der Waals surface area (Å²) in [5.41, 5.74) is 2.93. The normalized spacial score (nSPS) is 37.1. The maximum atomic E-state index is 5.69. The standard InChI is InChI=1S/C12H17IO3/c1-3-10(13)5-4-6-12-14-7-11(2,8-15-12)9-16-12/h1,4-9H2,2H3. The molecule has 90 valence electrons. The van der Waals surface area contributed by atoms with Gasteiger partial charge in [0, 0.05) is 15.4 Å². The average Bonchev–Trinajstić information content (AvgIpc) is 2.31. The van der Waals surface area contributed by atoms with E-state index < -0.39 is 5.97 Å². The molecule has 3 nitrogen and oxygen atoms in total. The fraction of sp³-hybridized carbons (Fsp3) is 0.750. The van der Waals surface area contributed by atoms with Gasteiger partial charge in [-0.2, -0.15) is 0 Å². The van der Waals surface area contributed by atoms with Gasteiger partial charge in [-0.05, 0) is 35.4 Å². The zero-order chi connectivity index (χ0) is 11.6. The molecule has 2 bridgehead atoms. The summed E-state index contributed by atoms with van der Waals surface area (Å²) in [6.07, 6.45) is 2.70. The molecule has 0 aromatic heterocycles. The number of hydrogen-bond donors (Lipinski definition) is 0. The Kier molecular flexibility index (Phi) is 3.76. The number of halogens is 1. The Balaban J connectivity index is 1.84. The number of allylic oxidation sites excluding steroid dienone is 1. The van der Waals surface area contributed by atoms with Crippen molar-refractivity contribution in [1.82, 2.24) is 0 Å². The van der Waals surface area contributed by atoms with Crippen LogP contribution < -0.4 is 0 Å². The van der Waals surface area contributed by atoms with E-state index in [0.717, 1.165) is 42.7 Å². The van der Waals surface area contributed by atoms with Crippen LogP contribution in [0.15, 0.2) is 15.9 Å². The van der Waals surface area contributed by atoms with Gasteiger partial charge in [-0.25, -0.2) is 0 Å². The zero-order valence-corrected chi connectivity index (χ0v) is 11.7. The predicted molar refractivity (Wildman–Crippen MR) is 69.2 cm³/mol. The maximum Gasteiger partial charge on any atom is 0.282 e. The lowest BCUT2D eigenvalue weighted by Gasteiger charge is -2.50. The largest absolute Gasteiger partial charge is 0.327 e. The first-order valence-corrected chi connectivity index (χ1v) is 6.62. The molecule has 4 heteroatoms. The van der Waals surface area contributed by atoms with Crippen molar-refractivity contribution in [2.75, 3.05) is 19.8 Å². The summed E-state index contributed by atoms with van der Waals surface area (Å²) in [5.74, 6) is -0.768. The van der Waals surface area contributed by atoms with Gasteiger partial charge in [-0.1, -0.05) is 13.5 Å². The number of rotatable bonds is 4. The van der Waals surface area contributed by atoms with Gasteiger partial charge in [0.1, 0.15) is 0 Å². The highest BCUT2D eigenvalue weighted by atomic mass is 127. The van der Waals surface area contributed by atoms with Gasteiger partial charge >= 0.3 is 0 Å². The van der Waals surface area contributed by atoms with E-state index in [0.29, 0.717) is 0 Å². The molecule has 16 heavy (non-hydrogen) atoms. The summed E-state index contributed by atoms with van der Waals surface area (Å²) < 4.78 is 18.2. The van der Waals surface area contributed by atoms with Gasteiger partial charge in [-0.15, -0.1) is 5.73 Å². The monoisotopic (exact) mass is 336 g/mol. The first-order chi connectivity index (χ1) is 7.58. The summed E-state index contributed by atoms with van der Waals surface area (Å²) in [6.45, 7) is 7.95. The second-order valence-electron chi connectivity index (χ2n) is 4.79. The molecule has 0 spiro atoms. The number of fused-ring (bicyclic) bond motifs is 3. The Labute approximate surface area is 110 Å². The summed E-state index contributed by atoms with van der Waals surface area (Å²) in [5, 5.41) is 0. The number of hydrogen-bond acceptors (Lipinski definition) is 3. The lowest BCUT2D eigenvalue weighted by molar-refractivity contribution is -0.467. The Morgan fingerprint density at radius 3 is 2.38 bits per heavy atom. The number of ether oxygens (including phenoxy) is 3. The molecule has 3 aliphatic rings. The van der Waals surface area contributed by atoms with Crippen LogP contribution in [-0.4, -0.2) is 25.8 Å². The van der Waals surface area contributed by atoms with E-state index in [1.807, 2.05) is 0 Å². The molecule has 0 saturated carbocycles. The maximum absolute atomic E-state index is 5.69. The molecule has 0 aromatic rings. The lowest BCUT2D eigenvalue weighted by Crippen LogP contribution is -2.58. The van der Waals surface area contributed by atoms with Crippen molar-refractivity contribution < 1.29 is 14.2 Å². The molecule has 3 fully saturated rings. The predicted octanol–water partition coefficient (Wildman–Crippen LogP) is 3.00. The van der Waals surface area contributed by atoms with Crippen molar-refractivity contribution in [2.45, 2.75) is 32.2 Å². The first-order valence-electron chi connectivity index (χ1n) is 5.54. The van der Waals surface area contributed by atoms with Crippen LogP contribution in [0.2, 0.25) is 0 Å². The van der Waals surface area contributed by atoms with Crippen LogP contribution in [0.4, 0.5) is 0 Å². The van der Waals surface area contributed by atoms with E-state index in [1.165, 1.54) is 0 Å². The lowest BCUT2D eigenvalue weighted by atomic mass is 9.91. The topological polar surface area (TPSA) is 27.7 Å². The summed E-state index contributed by atoms with van der Waals surface area (Å²) in [6, 6.07) is 0. The third-order valence-corrected chi connectivity index (χ3v) is 3.91. The molecule has 0 amide bonds. The minimum atomic E-state index is -0.768. The zero-order valence-electron chi connectivity index (χ0n) is 9.55. The highest BCUT2D eigenvalue weighted by molar-refractivity contribution is 14.1. The van der Waals surface area contributed by atoms with Gasteiger partial charge < -0.3 is 14.2 Å². The fourth-order valence-corrected chi connectivity index (χ4v) is 2.25. The molecule has 0 unspecified atom stereocenters. The minimum Gasteiger partial charge on any atom is -0.327 e. The third-order valence-electron chi connectivity index (χ3n) is 2.99. The minimum absolute atomic E-state index is 0.0528. The molecule has 3 aliphatic heterocycles. The molecule has 3 saturated heterocycles. The molecule has 0 N–H and O–H groups in total. The second-order valence-corrected chi connectivity index (χ2v) is 6.10. The van der Waals surface area contributed by atoms with Gasteiger partial charge in [0.15, 0.2) is 0 Å². The Bertz CT molecular complexity index is 296. The quantitative estimate of drug-likeness (QED) is 0.584. The Hall–Kier alpha value is 0.130. The van der Waals surface area contributed by atoms with Crippen molar-refractivity contribution in [1.29, 1.82) is 0 Å². The molecule has 3 heterocycles. The van der Waals surface area contributed by atoms with Crippen LogP contribution in [0.25, 0.3) is 0 Å². The van der Waals surface area contributed by atoms with E-state index in [-0.39, 0.29) is 5.41 Å². The van der Waals surface area contributed by atoms with Crippen molar-refractivity contribution in [3.8, 4) is 0 Å². The van der Waals surface area contributed by atoms with E-state index in [9.17, 15) is 0 Å². The SMILES string of the molecule is C=C=C(I)CCCC12OCC(C)(CO1)CO2. The fourth-order valence-electron chi connectivity index (χ4n) is 1.87. The summed E-state index contributed by atoms with van der Waals surface area (Å²) >= 11 is 2.25. The van der Waals surface area contributed by atoms with Crippen LogP contribution in [0.1, 0.15) is 26.2 Å². The van der Waals surface area contributed by atoms with E-state index in [2.05, 4.69) is 41.8 Å². The van der Waals surface area contributed by atoms with Crippen LogP contribution in [0, 0.1) is 5.41 Å². The first kappa shape index (κ1) is 12.6. The smallest absolute Gasteiger partial charge is 0.282 e. The molecular formula is C12H17IO3. The molecule has 0 aliphatic carbocycles. The van der Waals surface area contributed by atoms with E-state index in [1.54, 1.807) is 0 Å².